The van der Waals surface area contributed by atoms with Crippen molar-refractivity contribution in [1.29, 1.82) is 0 Å². The van der Waals surface area contributed by atoms with Crippen molar-refractivity contribution in [2.75, 3.05) is 5.32 Å². The molecular formula is C21H18N4OS. The summed E-state index contributed by atoms with van der Waals surface area (Å²) in [7, 11) is 0. The molecule has 27 heavy (non-hydrogen) atoms. The van der Waals surface area contributed by atoms with Crippen molar-refractivity contribution in [3.63, 3.8) is 0 Å². The highest BCUT2D eigenvalue weighted by molar-refractivity contribution is 7.99. The minimum Gasteiger partial charge on any atom is -0.322 e. The quantitative estimate of drug-likeness (QED) is 0.560. The number of aromatic nitrogens is 3. The molecule has 0 spiro atoms. The molecule has 0 atom stereocenters. The van der Waals surface area contributed by atoms with Gasteiger partial charge < -0.3 is 5.32 Å². The molecule has 1 amide bonds. The van der Waals surface area contributed by atoms with Crippen LogP contribution in [0.2, 0.25) is 0 Å². The molecular weight excluding hydrogens is 356 g/mol. The summed E-state index contributed by atoms with van der Waals surface area (Å²) in [6.45, 7) is 4.23. The van der Waals surface area contributed by atoms with E-state index in [2.05, 4.69) is 47.6 Å². The highest BCUT2D eigenvalue weighted by Crippen LogP contribution is 2.29. The Morgan fingerprint density at radius 2 is 1.74 bits per heavy atom. The van der Waals surface area contributed by atoms with Gasteiger partial charge in [-0.25, -0.2) is 0 Å². The Hall–Kier alpha value is -3.12. The van der Waals surface area contributed by atoms with Gasteiger partial charge in [0.1, 0.15) is 6.33 Å². The van der Waals surface area contributed by atoms with Crippen molar-refractivity contribution in [3.8, 4) is 0 Å². The molecule has 2 heterocycles. The Morgan fingerprint density at radius 1 is 0.963 bits per heavy atom. The van der Waals surface area contributed by atoms with Crippen LogP contribution in [0, 0.1) is 13.8 Å². The van der Waals surface area contributed by atoms with Gasteiger partial charge in [0.2, 0.25) is 0 Å². The Balaban J connectivity index is 1.45. The average molecular weight is 374 g/mol. The van der Waals surface area contributed by atoms with E-state index < -0.39 is 0 Å². The molecule has 6 heteroatoms. The Bertz CT molecular complexity index is 1120. The van der Waals surface area contributed by atoms with E-state index in [-0.39, 0.29) is 5.91 Å². The molecule has 0 unspecified atom stereocenters. The second-order valence-electron chi connectivity index (χ2n) is 6.34. The molecule has 5 nitrogen and oxygen atoms in total. The molecule has 0 aliphatic heterocycles. The molecule has 2 aromatic carbocycles. The summed E-state index contributed by atoms with van der Waals surface area (Å²) >= 11 is 1.71. The van der Waals surface area contributed by atoms with Crippen LogP contribution in [0.3, 0.4) is 0 Å². The molecule has 0 fully saturated rings. The van der Waals surface area contributed by atoms with E-state index in [1.54, 1.807) is 40.8 Å². The lowest BCUT2D eigenvalue weighted by molar-refractivity contribution is 0.102. The van der Waals surface area contributed by atoms with E-state index >= 15 is 0 Å². The summed E-state index contributed by atoms with van der Waals surface area (Å²) in [5, 5.41) is 10.7. The molecule has 0 aliphatic carbocycles. The van der Waals surface area contributed by atoms with Crippen molar-refractivity contribution in [1.82, 2.24) is 14.6 Å². The molecule has 4 rings (SSSR count). The van der Waals surface area contributed by atoms with Gasteiger partial charge >= 0.3 is 0 Å². The predicted octanol–water partition coefficient (Wildman–Crippen LogP) is 4.75. The van der Waals surface area contributed by atoms with Crippen LogP contribution in [-0.2, 0) is 0 Å². The zero-order chi connectivity index (χ0) is 18.8. The van der Waals surface area contributed by atoms with E-state index in [0.29, 0.717) is 11.2 Å². The second kappa shape index (κ2) is 7.25. The van der Waals surface area contributed by atoms with Gasteiger partial charge in [-0.3, -0.25) is 9.20 Å². The van der Waals surface area contributed by atoms with Crippen LogP contribution >= 0.6 is 11.8 Å². The summed E-state index contributed by atoms with van der Waals surface area (Å²) in [5.41, 5.74) is 4.60. The number of anilines is 1. The highest BCUT2D eigenvalue weighted by Gasteiger charge is 2.08. The van der Waals surface area contributed by atoms with E-state index in [1.807, 2.05) is 24.3 Å². The first kappa shape index (κ1) is 17.3. The molecule has 0 saturated carbocycles. The highest BCUT2D eigenvalue weighted by atomic mass is 32.2. The number of aryl methyl sites for hydroxylation is 2. The van der Waals surface area contributed by atoms with Crippen LogP contribution in [0.5, 0.6) is 0 Å². The van der Waals surface area contributed by atoms with E-state index in [4.69, 9.17) is 0 Å². The van der Waals surface area contributed by atoms with E-state index in [0.717, 1.165) is 10.6 Å². The Labute approximate surface area is 161 Å². The smallest absolute Gasteiger partial charge is 0.257 e. The summed E-state index contributed by atoms with van der Waals surface area (Å²) in [6, 6.07) is 17.8. The number of hydrogen-bond donors (Lipinski definition) is 1. The predicted molar refractivity (Wildman–Crippen MR) is 107 cm³/mol. The van der Waals surface area contributed by atoms with Crippen molar-refractivity contribution >= 4 is 29.0 Å². The topological polar surface area (TPSA) is 59.3 Å². The maximum atomic E-state index is 12.5. The first-order chi connectivity index (χ1) is 13.1. The molecule has 4 aromatic rings. The van der Waals surface area contributed by atoms with Gasteiger partial charge in [-0.2, -0.15) is 0 Å². The molecule has 1 N–H and O–H groups in total. The number of rotatable bonds is 4. The average Bonchev–Trinajstić information content (AvgIpc) is 3.14. The third kappa shape index (κ3) is 3.85. The largest absolute Gasteiger partial charge is 0.322 e. The van der Waals surface area contributed by atoms with Crippen LogP contribution in [0.1, 0.15) is 21.5 Å². The van der Waals surface area contributed by atoms with Gasteiger partial charge in [0.05, 0.1) is 5.56 Å². The molecule has 134 valence electrons. The number of fused-ring (bicyclic) bond motifs is 1. The summed E-state index contributed by atoms with van der Waals surface area (Å²) in [6.07, 6.45) is 3.29. The lowest BCUT2D eigenvalue weighted by Gasteiger charge is -2.08. The number of nitrogens with zero attached hydrogens (tertiary/aromatic N) is 3. The minimum absolute atomic E-state index is 0.167. The minimum atomic E-state index is -0.167. The summed E-state index contributed by atoms with van der Waals surface area (Å²) < 4.78 is 1.72. The number of pyridine rings is 1. The van der Waals surface area contributed by atoms with Crippen molar-refractivity contribution < 1.29 is 4.79 Å². The Kier molecular flexibility index (Phi) is 4.64. The summed E-state index contributed by atoms with van der Waals surface area (Å²) in [4.78, 5) is 14.8. The number of benzene rings is 2. The fourth-order valence-corrected chi connectivity index (χ4v) is 3.60. The maximum Gasteiger partial charge on any atom is 0.257 e. The van der Waals surface area contributed by atoms with E-state index in [1.165, 1.54) is 16.0 Å². The SMILES string of the molecule is Cc1ccc(Sc2ccc(NC(=O)c3ccc4nncn4c3)cc2)cc1C. The van der Waals surface area contributed by atoms with E-state index in [9.17, 15) is 4.79 Å². The fourth-order valence-electron chi connectivity index (χ4n) is 2.68. The van der Waals surface area contributed by atoms with Crippen molar-refractivity contribution in [2.45, 2.75) is 23.6 Å². The monoisotopic (exact) mass is 374 g/mol. The number of carbonyl (C=O) groups excluding carboxylic acids is 1. The second-order valence-corrected chi connectivity index (χ2v) is 7.49. The van der Waals surface area contributed by atoms with Crippen LogP contribution < -0.4 is 5.32 Å². The number of amides is 1. The van der Waals surface area contributed by atoms with Crippen LogP contribution in [0.4, 0.5) is 5.69 Å². The lowest BCUT2D eigenvalue weighted by Crippen LogP contribution is -2.12. The third-order valence-corrected chi connectivity index (χ3v) is 5.38. The van der Waals surface area contributed by atoms with Gasteiger partial charge in [0, 0.05) is 21.7 Å². The summed E-state index contributed by atoms with van der Waals surface area (Å²) in [5.74, 6) is -0.167. The van der Waals surface area contributed by atoms with Crippen molar-refractivity contribution in [3.05, 3.63) is 83.8 Å². The Morgan fingerprint density at radius 3 is 2.52 bits per heavy atom. The number of carbonyl (C=O) groups is 1. The molecule has 0 bridgehead atoms. The number of nitrogens with one attached hydrogen (secondary N) is 1. The fraction of sp³-hybridized carbons (Fsp3) is 0.0952. The van der Waals surface area contributed by atoms with Crippen LogP contribution in [0.15, 0.2) is 76.9 Å². The van der Waals surface area contributed by atoms with Gasteiger partial charge in [0.15, 0.2) is 5.65 Å². The maximum absolute atomic E-state index is 12.5. The molecule has 0 aliphatic rings. The number of hydrogen-bond acceptors (Lipinski definition) is 4. The standard InChI is InChI=1S/C21H18N4OS/c1-14-3-7-19(11-15(14)2)27-18-8-5-17(6-9-18)23-21(26)16-4-10-20-24-22-13-25(20)12-16/h3-13H,1-2H3,(H,23,26). The zero-order valence-corrected chi connectivity index (χ0v) is 15.8. The first-order valence-electron chi connectivity index (χ1n) is 8.54. The lowest BCUT2D eigenvalue weighted by atomic mass is 10.1. The van der Waals surface area contributed by atoms with Crippen molar-refractivity contribution in [2.24, 2.45) is 0 Å². The third-order valence-electron chi connectivity index (χ3n) is 4.38. The van der Waals surface area contributed by atoms with Crippen LogP contribution in [0.25, 0.3) is 5.65 Å². The molecule has 2 aromatic heterocycles. The zero-order valence-electron chi connectivity index (χ0n) is 15.0. The van der Waals surface area contributed by atoms with Gasteiger partial charge in [0.25, 0.3) is 5.91 Å². The van der Waals surface area contributed by atoms with Gasteiger partial charge in [-0.05, 0) is 73.5 Å². The van der Waals surface area contributed by atoms with Gasteiger partial charge in [-0.1, -0.05) is 17.8 Å². The molecule has 0 saturated heterocycles. The molecule has 0 radical (unpaired) electrons. The normalized spacial score (nSPS) is 10.9. The first-order valence-corrected chi connectivity index (χ1v) is 9.36. The van der Waals surface area contributed by atoms with Gasteiger partial charge in [-0.15, -0.1) is 10.2 Å². The van der Waals surface area contributed by atoms with Crippen LogP contribution in [-0.4, -0.2) is 20.5 Å².